The van der Waals surface area contributed by atoms with E-state index in [1.54, 1.807) is 4.90 Å². The van der Waals surface area contributed by atoms with Crippen LogP contribution in [0, 0.1) is 5.92 Å². The quantitative estimate of drug-likeness (QED) is 0.816. The molecule has 0 saturated carbocycles. The molecule has 3 rings (SSSR count). The molecule has 2 aliphatic heterocycles. The molecule has 122 valence electrons. The minimum atomic E-state index is -0.661. The third-order valence-electron chi connectivity index (χ3n) is 4.71. The van der Waals surface area contributed by atoms with Crippen molar-refractivity contribution in [3.63, 3.8) is 0 Å². The molecule has 1 fully saturated rings. The van der Waals surface area contributed by atoms with Gasteiger partial charge in [-0.05, 0) is 26.2 Å². The van der Waals surface area contributed by atoms with Crippen LogP contribution < -0.4 is 4.74 Å². The monoisotopic (exact) mass is 328 g/mol. The summed E-state index contributed by atoms with van der Waals surface area (Å²) in [6.45, 7) is 6.76. The number of hydrogen-bond donors (Lipinski definition) is 2. The first kappa shape index (κ1) is 15.3. The molecule has 1 aromatic rings. The molecular weight excluding hydrogens is 308 g/mol. The van der Waals surface area contributed by atoms with Crippen LogP contribution in [-0.2, 0) is 11.3 Å². The number of carbonyl (C=O) groups is 1. The molecule has 22 heavy (non-hydrogen) atoms. The highest BCUT2D eigenvalue weighted by molar-refractivity contribution is 6.27. The van der Waals surface area contributed by atoms with E-state index in [1.807, 2.05) is 20.8 Å². The summed E-state index contributed by atoms with van der Waals surface area (Å²) >= 11 is 5.75. The number of halogens is 1. The number of ether oxygens (including phenoxy) is 1. The summed E-state index contributed by atoms with van der Waals surface area (Å²) in [5, 5.41) is 20.8. The second kappa shape index (κ2) is 4.98. The number of rotatable bonds is 2. The van der Waals surface area contributed by atoms with E-state index in [-0.39, 0.29) is 35.2 Å². The predicted molar refractivity (Wildman–Crippen MR) is 81.4 cm³/mol. The van der Waals surface area contributed by atoms with Crippen molar-refractivity contribution in [1.29, 1.82) is 0 Å². The third-order valence-corrected chi connectivity index (χ3v) is 4.94. The molecule has 1 saturated heterocycles. The molecule has 1 aromatic heterocycles. The maximum atomic E-state index is 12.3. The van der Waals surface area contributed by atoms with Crippen molar-refractivity contribution in [3.8, 4) is 17.5 Å². The van der Waals surface area contributed by atoms with Crippen LogP contribution in [0.25, 0.3) is 0 Å². The van der Waals surface area contributed by atoms with Crippen molar-refractivity contribution in [2.24, 2.45) is 5.92 Å². The zero-order valence-electron chi connectivity index (χ0n) is 13.0. The van der Waals surface area contributed by atoms with E-state index in [1.165, 1.54) is 4.57 Å². The van der Waals surface area contributed by atoms with E-state index in [4.69, 9.17) is 16.3 Å². The fourth-order valence-electron chi connectivity index (χ4n) is 3.99. The third kappa shape index (κ3) is 1.89. The molecule has 0 unspecified atom stereocenters. The fraction of sp³-hybridized carbons (Fsp3) is 0.667. The topological polar surface area (TPSA) is 74.9 Å². The summed E-state index contributed by atoms with van der Waals surface area (Å²) in [4.78, 5) is 13.9. The van der Waals surface area contributed by atoms with Gasteiger partial charge in [-0.25, -0.2) is 0 Å². The summed E-state index contributed by atoms with van der Waals surface area (Å²) in [5.74, 6) is 0.107. The van der Waals surface area contributed by atoms with Crippen molar-refractivity contribution >= 4 is 17.5 Å². The number of aromatic hydroxyl groups is 2. The van der Waals surface area contributed by atoms with Crippen LogP contribution >= 0.6 is 11.6 Å². The number of alkyl halides is 1. The number of nitrogens with zero attached hydrogens (tertiary/aromatic N) is 2. The molecule has 1 amide bonds. The zero-order chi connectivity index (χ0) is 16.2. The first-order valence-corrected chi connectivity index (χ1v) is 8.06. The predicted octanol–water partition coefficient (Wildman–Crippen LogP) is 2.22. The van der Waals surface area contributed by atoms with E-state index < -0.39 is 11.6 Å². The first-order chi connectivity index (χ1) is 10.3. The van der Waals surface area contributed by atoms with Crippen molar-refractivity contribution in [2.45, 2.75) is 45.4 Å². The number of amides is 1. The highest BCUT2D eigenvalue weighted by Crippen LogP contribution is 2.59. The van der Waals surface area contributed by atoms with E-state index in [2.05, 4.69) is 0 Å². The lowest BCUT2D eigenvalue weighted by molar-refractivity contribution is -0.141. The van der Waals surface area contributed by atoms with Gasteiger partial charge in [0, 0.05) is 13.1 Å². The zero-order valence-corrected chi connectivity index (χ0v) is 13.7. The minimum Gasteiger partial charge on any atom is -0.494 e. The Kier molecular flexibility index (Phi) is 3.47. The van der Waals surface area contributed by atoms with Crippen LogP contribution in [0.5, 0.6) is 17.5 Å². The maximum Gasteiger partial charge on any atom is 0.238 e. The molecular formula is C15H21ClN2O4. The lowest BCUT2D eigenvalue weighted by Crippen LogP contribution is -2.54. The Morgan fingerprint density at radius 1 is 1.45 bits per heavy atom. The normalized spacial score (nSPS) is 29.9. The molecule has 0 spiro atoms. The fourth-order valence-corrected chi connectivity index (χ4v) is 4.14. The number of likely N-dealkylation sites (tertiary alicyclic amines) is 1. The molecule has 0 radical (unpaired) electrons. The number of fused-ring (bicyclic) bond motifs is 3. The summed E-state index contributed by atoms with van der Waals surface area (Å²) in [6, 6.07) is -0.427. The van der Waals surface area contributed by atoms with Gasteiger partial charge in [-0.15, -0.1) is 11.6 Å². The summed E-state index contributed by atoms with van der Waals surface area (Å²) < 4.78 is 7.40. The van der Waals surface area contributed by atoms with Gasteiger partial charge in [-0.3, -0.25) is 9.36 Å². The smallest absolute Gasteiger partial charge is 0.238 e. The highest BCUT2D eigenvalue weighted by atomic mass is 35.5. The number of carbonyl (C=O) groups excluding carboxylic acids is 1. The van der Waals surface area contributed by atoms with Gasteiger partial charge in [0.05, 0.1) is 5.56 Å². The van der Waals surface area contributed by atoms with Crippen LogP contribution in [0.15, 0.2) is 0 Å². The highest BCUT2D eigenvalue weighted by Gasteiger charge is 2.56. The Bertz CT molecular complexity index is 630. The maximum absolute atomic E-state index is 12.3. The van der Waals surface area contributed by atoms with E-state index in [0.29, 0.717) is 18.7 Å². The van der Waals surface area contributed by atoms with Crippen molar-refractivity contribution in [1.82, 2.24) is 9.47 Å². The lowest BCUT2D eigenvalue weighted by atomic mass is 9.80. The van der Waals surface area contributed by atoms with Crippen molar-refractivity contribution in [2.75, 3.05) is 12.4 Å². The molecule has 7 heteroatoms. The van der Waals surface area contributed by atoms with Gasteiger partial charge in [-0.1, -0.05) is 6.92 Å². The van der Waals surface area contributed by atoms with Crippen LogP contribution in [0.4, 0.5) is 0 Å². The number of hydrogen-bond acceptors (Lipinski definition) is 4. The van der Waals surface area contributed by atoms with E-state index in [0.717, 1.165) is 6.42 Å². The Balaban J connectivity index is 2.15. The van der Waals surface area contributed by atoms with Gasteiger partial charge >= 0.3 is 0 Å². The lowest BCUT2D eigenvalue weighted by Gasteiger charge is -2.45. The molecule has 2 aliphatic rings. The Morgan fingerprint density at radius 3 is 2.73 bits per heavy atom. The first-order valence-electron chi connectivity index (χ1n) is 7.52. The van der Waals surface area contributed by atoms with Crippen LogP contribution in [0.1, 0.15) is 38.8 Å². The summed E-state index contributed by atoms with van der Waals surface area (Å²) in [6.07, 6.45) is 0.740. The van der Waals surface area contributed by atoms with Gasteiger partial charge in [0.1, 0.15) is 17.5 Å². The van der Waals surface area contributed by atoms with Crippen LogP contribution in [0.2, 0.25) is 0 Å². The molecule has 0 bridgehead atoms. The largest absolute Gasteiger partial charge is 0.494 e. The van der Waals surface area contributed by atoms with E-state index >= 15 is 0 Å². The average Bonchev–Trinajstić information content (AvgIpc) is 2.88. The molecule has 6 nitrogen and oxygen atoms in total. The molecule has 3 heterocycles. The standard InChI is InChI=1S/C15H21ClN2O4/c1-4-17-13(20)10-11(14(17)21)22-15(3)5-8(2)7-18(12(10)15)9(19)6-16/h8,12,20-21H,4-7H2,1-3H3/t8-,12-,15-/m0/s1. The number of piperidine rings is 1. The minimum absolute atomic E-state index is 0.0364. The number of aromatic nitrogens is 1. The molecule has 0 aromatic carbocycles. The molecule has 0 aliphatic carbocycles. The van der Waals surface area contributed by atoms with Gasteiger partial charge in [-0.2, -0.15) is 0 Å². The van der Waals surface area contributed by atoms with Gasteiger partial charge in [0.15, 0.2) is 5.75 Å². The van der Waals surface area contributed by atoms with Crippen LogP contribution in [0.3, 0.4) is 0 Å². The summed E-state index contributed by atoms with van der Waals surface area (Å²) in [5.41, 5.74) is -0.168. The average molecular weight is 329 g/mol. The molecule has 2 N–H and O–H groups in total. The SMILES string of the molecule is CCn1c(O)c2c(c1O)[C@@H]1N(C(=O)CCl)C[C@@H](C)C[C@]1(C)O2. The van der Waals surface area contributed by atoms with Gasteiger partial charge in [0.2, 0.25) is 17.7 Å². The van der Waals surface area contributed by atoms with Crippen molar-refractivity contribution < 1.29 is 19.7 Å². The Labute approximate surface area is 134 Å². The second-order valence-electron chi connectivity index (χ2n) is 6.44. The Morgan fingerprint density at radius 2 is 2.14 bits per heavy atom. The second-order valence-corrected chi connectivity index (χ2v) is 6.71. The van der Waals surface area contributed by atoms with Crippen LogP contribution in [-0.4, -0.2) is 43.6 Å². The van der Waals surface area contributed by atoms with E-state index in [9.17, 15) is 15.0 Å². The van der Waals surface area contributed by atoms with Crippen molar-refractivity contribution in [3.05, 3.63) is 5.56 Å². The Hall–Kier alpha value is -1.56. The molecule has 3 atom stereocenters. The summed E-state index contributed by atoms with van der Waals surface area (Å²) in [7, 11) is 0. The van der Waals surface area contributed by atoms with Gasteiger partial charge in [0.25, 0.3) is 0 Å². The van der Waals surface area contributed by atoms with Gasteiger partial charge < -0.3 is 19.8 Å².